The maximum absolute atomic E-state index is 13.7. The van der Waals surface area contributed by atoms with Gasteiger partial charge in [-0.25, -0.2) is 4.79 Å². The van der Waals surface area contributed by atoms with Crippen LogP contribution in [0.15, 0.2) is 68.3 Å². The van der Waals surface area contributed by atoms with E-state index in [1.54, 1.807) is 18.2 Å². The van der Waals surface area contributed by atoms with E-state index >= 15 is 0 Å². The van der Waals surface area contributed by atoms with Gasteiger partial charge in [0.1, 0.15) is 0 Å². The molecule has 0 spiro atoms. The maximum atomic E-state index is 13.7. The van der Waals surface area contributed by atoms with E-state index in [0.29, 0.717) is 12.8 Å². The number of aromatic nitrogens is 2. The van der Waals surface area contributed by atoms with Crippen molar-refractivity contribution in [2.45, 2.75) is 82.8 Å². The smallest absolute Gasteiger partial charge is 0.334 e. The van der Waals surface area contributed by atoms with Gasteiger partial charge in [-0.3, -0.25) is 28.4 Å². The topological polar surface area (TPSA) is 126 Å². The van der Waals surface area contributed by atoms with Crippen LogP contribution in [0.5, 0.6) is 5.88 Å². The molecule has 0 unspecified atom stereocenters. The molecule has 2 aromatic carbocycles. The first-order valence-electron chi connectivity index (χ1n) is 14.5. The van der Waals surface area contributed by atoms with E-state index in [4.69, 9.17) is 0 Å². The summed E-state index contributed by atoms with van der Waals surface area (Å²) in [6.45, 7) is 0.114. The second-order valence-corrected chi connectivity index (χ2v) is 11.2. The van der Waals surface area contributed by atoms with Crippen LogP contribution in [0.1, 0.15) is 103 Å². The first kappa shape index (κ1) is 26.9. The van der Waals surface area contributed by atoms with Crippen molar-refractivity contribution in [2.75, 3.05) is 0 Å². The van der Waals surface area contributed by atoms with Gasteiger partial charge in [0.15, 0.2) is 0 Å². The molecule has 0 atom stereocenters. The number of hydrogen-bond acceptors (Lipinski definition) is 7. The third-order valence-corrected chi connectivity index (χ3v) is 8.57. The Labute approximate surface area is 237 Å². The molecule has 2 aliphatic carbocycles. The second kappa shape index (κ2) is 11.3. The van der Waals surface area contributed by atoms with Gasteiger partial charge in [0.25, 0.3) is 17.4 Å². The molecule has 1 aromatic heterocycles. The van der Waals surface area contributed by atoms with Crippen molar-refractivity contribution in [3.8, 4) is 5.88 Å². The Morgan fingerprint density at radius 3 is 2.00 bits per heavy atom. The first-order chi connectivity index (χ1) is 20.0. The molecule has 2 fully saturated rings. The molecule has 2 heterocycles. The number of fused-ring (bicyclic) bond motifs is 1. The van der Waals surface area contributed by atoms with Crippen LogP contribution in [0.4, 0.5) is 11.4 Å². The van der Waals surface area contributed by atoms with Gasteiger partial charge in [0, 0.05) is 12.1 Å². The van der Waals surface area contributed by atoms with E-state index in [-0.39, 0.29) is 41.1 Å². The van der Waals surface area contributed by atoms with Gasteiger partial charge in [-0.2, -0.15) is 0 Å². The molecule has 2 amide bonds. The van der Waals surface area contributed by atoms with Gasteiger partial charge < -0.3 is 5.11 Å². The Hall–Kier alpha value is -4.34. The van der Waals surface area contributed by atoms with Gasteiger partial charge in [-0.1, -0.05) is 74.9 Å². The van der Waals surface area contributed by atoms with Crippen molar-refractivity contribution in [3.63, 3.8) is 0 Å². The number of hydrogen-bond donors (Lipinski definition) is 1. The molecule has 3 aromatic rings. The lowest BCUT2D eigenvalue weighted by atomic mass is 9.94. The SMILES string of the molecule is O=C1c2cccc(N=Nc3c(O)n(C4CCCCC4)c(=O)n(C4CCCCC4)c3=O)c2C(=O)N1Cc1ccccc1. The lowest BCUT2D eigenvalue weighted by molar-refractivity contribution is 0.0642. The fourth-order valence-corrected chi connectivity index (χ4v) is 6.45. The molecule has 10 heteroatoms. The zero-order valence-electron chi connectivity index (χ0n) is 22.9. The number of benzene rings is 2. The van der Waals surface area contributed by atoms with Crippen LogP contribution in [-0.4, -0.2) is 31.0 Å². The Bertz CT molecular complexity index is 1630. The summed E-state index contributed by atoms with van der Waals surface area (Å²) in [4.78, 5) is 55.0. The van der Waals surface area contributed by atoms with Crippen LogP contribution in [0.25, 0.3) is 0 Å². The monoisotopic (exact) mass is 555 g/mol. The maximum Gasteiger partial charge on any atom is 0.334 e. The lowest BCUT2D eigenvalue weighted by Gasteiger charge is -2.28. The van der Waals surface area contributed by atoms with Crippen molar-refractivity contribution >= 4 is 23.2 Å². The molecule has 0 saturated heterocycles. The molecule has 0 bridgehead atoms. The number of rotatable bonds is 6. The second-order valence-electron chi connectivity index (χ2n) is 11.2. The summed E-state index contributed by atoms with van der Waals surface area (Å²) in [6.07, 6.45) is 8.70. The normalized spacial score (nSPS) is 18.4. The fraction of sp³-hybridized carbons (Fsp3) is 0.419. The molecule has 0 radical (unpaired) electrons. The summed E-state index contributed by atoms with van der Waals surface area (Å²) in [5, 5.41) is 19.7. The minimum absolute atomic E-state index is 0.102. The summed E-state index contributed by atoms with van der Waals surface area (Å²) < 4.78 is 2.59. The number of amides is 2. The molecule has 3 aliphatic rings. The van der Waals surface area contributed by atoms with Gasteiger partial charge in [0.2, 0.25) is 11.6 Å². The summed E-state index contributed by atoms with van der Waals surface area (Å²) in [6, 6.07) is 13.4. The predicted octanol–water partition coefficient (Wildman–Crippen LogP) is 5.94. The summed E-state index contributed by atoms with van der Waals surface area (Å²) >= 11 is 0. The van der Waals surface area contributed by atoms with E-state index in [1.807, 2.05) is 30.3 Å². The van der Waals surface area contributed by atoms with Gasteiger partial charge >= 0.3 is 5.69 Å². The Morgan fingerprint density at radius 2 is 1.34 bits per heavy atom. The Morgan fingerprint density at radius 1 is 0.707 bits per heavy atom. The van der Waals surface area contributed by atoms with E-state index < -0.39 is 28.9 Å². The highest BCUT2D eigenvalue weighted by molar-refractivity contribution is 6.23. The zero-order chi connectivity index (χ0) is 28.5. The zero-order valence-corrected chi connectivity index (χ0v) is 22.9. The highest BCUT2D eigenvalue weighted by Crippen LogP contribution is 2.36. The third kappa shape index (κ3) is 4.92. The molecular formula is C31H33N5O5. The number of aromatic hydroxyl groups is 1. The summed E-state index contributed by atoms with van der Waals surface area (Å²) in [7, 11) is 0. The van der Waals surface area contributed by atoms with Crippen molar-refractivity contribution in [3.05, 3.63) is 86.1 Å². The molecular weight excluding hydrogens is 522 g/mol. The predicted molar refractivity (Wildman–Crippen MR) is 152 cm³/mol. The molecule has 10 nitrogen and oxygen atoms in total. The molecule has 41 heavy (non-hydrogen) atoms. The summed E-state index contributed by atoms with van der Waals surface area (Å²) in [5.74, 6) is -1.43. The lowest BCUT2D eigenvalue weighted by Crippen LogP contribution is -2.43. The van der Waals surface area contributed by atoms with E-state index in [1.165, 1.54) is 9.13 Å². The van der Waals surface area contributed by atoms with Crippen molar-refractivity contribution < 1.29 is 14.7 Å². The van der Waals surface area contributed by atoms with Gasteiger partial charge in [-0.15, -0.1) is 10.2 Å². The highest BCUT2D eigenvalue weighted by Gasteiger charge is 2.38. The molecule has 1 N–H and O–H groups in total. The Balaban J connectivity index is 1.41. The fourth-order valence-electron chi connectivity index (χ4n) is 6.45. The average molecular weight is 556 g/mol. The molecule has 2 saturated carbocycles. The molecule has 6 rings (SSSR count). The van der Waals surface area contributed by atoms with Crippen LogP contribution in [0.3, 0.4) is 0 Å². The number of nitrogens with zero attached hydrogens (tertiary/aromatic N) is 5. The summed E-state index contributed by atoms with van der Waals surface area (Å²) in [5.41, 5.74) is -0.267. The highest BCUT2D eigenvalue weighted by atomic mass is 16.3. The van der Waals surface area contributed by atoms with Crippen LogP contribution in [-0.2, 0) is 6.54 Å². The number of azo groups is 1. The van der Waals surface area contributed by atoms with Crippen LogP contribution in [0, 0.1) is 0 Å². The minimum Gasteiger partial charge on any atom is -0.493 e. The van der Waals surface area contributed by atoms with Gasteiger partial charge in [0.05, 0.1) is 23.4 Å². The Kier molecular flexibility index (Phi) is 7.38. The van der Waals surface area contributed by atoms with E-state index in [9.17, 15) is 24.3 Å². The van der Waals surface area contributed by atoms with E-state index in [0.717, 1.165) is 61.8 Å². The number of carbonyl (C=O) groups excluding carboxylic acids is 2. The van der Waals surface area contributed by atoms with Crippen molar-refractivity contribution in [1.82, 2.24) is 14.0 Å². The first-order valence-corrected chi connectivity index (χ1v) is 14.5. The number of imide groups is 1. The average Bonchev–Trinajstić information content (AvgIpc) is 3.24. The molecule has 212 valence electrons. The minimum atomic E-state index is -0.684. The van der Waals surface area contributed by atoms with Crippen LogP contribution >= 0.6 is 0 Å². The van der Waals surface area contributed by atoms with Crippen LogP contribution < -0.4 is 11.2 Å². The molecule has 1 aliphatic heterocycles. The van der Waals surface area contributed by atoms with Gasteiger partial charge in [-0.05, 0) is 43.4 Å². The standard InChI is InChI=1S/C31H33N5O5/c37-27-23-17-10-18-24(25(23)28(38)34(27)19-20-11-4-1-5-12-20)32-33-26-29(39)35(21-13-6-2-7-14-21)31(41)36(30(26)40)22-15-8-3-9-16-22/h1,4-5,10-12,17-18,21-22,39H,2-3,6-9,13-16,19H2. The van der Waals surface area contributed by atoms with Crippen LogP contribution in [0.2, 0.25) is 0 Å². The van der Waals surface area contributed by atoms with Crippen molar-refractivity contribution in [2.24, 2.45) is 10.2 Å². The quantitative estimate of drug-likeness (QED) is 0.298. The van der Waals surface area contributed by atoms with E-state index in [2.05, 4.69) is 10.2 Å². The third-order valence-electron chi connectivity index (χ3n) is 8.57. The number of carbonyl (C=O) groups is 2. The largest absolute Gasteiger partial charge is 0.493 e. The van der Waals surface area contributed by atoms with Crippen molar-refractivity contribution in [1.29, 1.82) is 0 Å².